The highest BCUT2D eigenvalue weighted by atomic mass is 19.4. The lowest BCUT2D eigenvalue weighted by molar-refractivity contribution is -0.138. The van der Waals surface area contributed by atoms with E-state index in [1.54, 1.807) is 18.3 Å². The van der Waals surface area contributed by atoms with Gasteiger partial charge in [0.2, 0.25) is 5.91 Å². The van der Waals surface area contributed by atoms with E-state index in [1.165, 1.54) is 4.90 Å². The van der Waals surface area contributed by atoms with Crippen molar-refractivity contribution in [1.29, 1.82) is 5.26 Å². The summed E-state index contributed by atoms with van der Waals surface area (Å²) in [6.07, 6.45) is -2.36. The number of amides is 1. The average Bonchev–Trinajstić information content (AvgIpc) is 2.68. The molecular formula is C18H16F3N5O2. The van der Waals surface area contributed by atoms with Gasteiger partial charge in [-0.1, -0.05) is 0 Å². The van der Waals surface area contributed by atoms with Gasteiger partial charge in [-0.05, 0) is 18.2 Å². The molecule has 1 aliphatic heterocycles. The molecule has 0 saturated carbocycles. The van der Waals surface area contributed by atoms with Crippen LogP contribution >= 0.6 is 0 Å². The summed E-state index contributed by atoms with van der Waals surface area (Å²) in [5.74, 6) is 0.0915. The van der Waals surface area contributed by atoms with Gasteiger partial charge in [-0.25, -0.2) is 4.98 Å². The first-order valence-electron chi connectivity index (χ1n) is 8.45. The number of halogens is 3. The van der Waals surface area contributed by atoms with Crippen molar-refractivity contribution < 1.29 is 18.0 Å². The number of nitriles is 1. The zero-order chi connectivity index (χ0) is 20.3. The third-order valence-corrected chi connectivity index (χ3v) is 4.46. The number of hydrogen-bond acceptors (Lipinski definition) is 5. The van der Waals surface area contributed by atoms with Gasteiger partial charge >= 0.3 is 6.18 Å². The Bertz CT molecular complexity index is 972. The fourth-order valence-corrected chi connectivity index (χ4v) is 2.97. The summed E-state index contributed by atoms with van der Waals surface area (Å²) in [6.45, 7) is 1.02. The predicted octanol–water partition coefficient (Wildman–Crippen LogP) is 1.48. The van der Waals surface area contributed by atoms with E-state index in [-0.39, 0.29) is 0 Å². The van der Waals surface area contributed by atoms with Crippen LogP contribution in [0.2, 0.25) is 0 Å². The van der Waals surface area contributed by atoms with Gasteiger partial charge in [-0.15, -0.1) is 0 Å². The molecule has 1 aliphatic rings. The second-order valence-electron chi connectivity index (χ2n) is 6.24. The van der Waals surface area contributed by atoms with Gasteiger partial charge in [0.25, 0.3) is 5.56 Å². The molecule has 7 nitrogen and oxygen atoms in total. The zero-order valence-corrected chi connectivity index (χ0v) is 14.7. The minimum absolute atomic E-state index is 0.313. The van der Waals surface area contributed by atoms with Gasteiger partial charge in [0.1, 0.15) is 18.4 Å². The van der Waals surface area contributed by atoms with E-state index in [0.717, 1.165) is 10.6 Å². The summed E-state index contributed by atoms with van der Waals surface area (Å²) in [6, 6.07) is 6.88. The van der Waals surface area contributed by atoms with Gasteiger partial charge in [-0.3, -0.25) is 9.59 Å². The molecule has 10 heteroatoms. The Labute approximate surface area is 158 Å². The Kier molecular flexibility index (Phi) is 5.35. The van der Waals surface area contributed by atoms with Crippen molar-refractivity contribution in [1.82, 2.24) is 14.5 Å². The van der Waals surface area contributed by atoms with Gasteiger partial charge < -0.3 is 14.4 Å². The van der Waals surface area contributed by atoms with E-state index in [1.807, 2.05) is 4.90 Å². The summed E-state index contributed by atoms with van der Waals surface area (Å²) in [5.41, 5.74) is -1.23. The summed E-state index contributed by atoms with van der Waals surface area (Å²) >= 11 is 0. The number of pyridine rings is 2. The van der Waals surface area contributed by atoms with Crippen LogP contribution in [0.3, 0.4) is 0 Å². The monoisotopic (exact) mass is 391 g/mol. The van der Waals surface area contributed by atoms with Crippen LogP contribution in [-0.2, 0) is 17.5 Å². The molecule has 1 amide bonds. The number of alkyl halides is 3. The number of rotatable bonds is 3. The normalized spacial score (nSPS) is 14.6. The highest BCUT2D eigenvalue weighted by molar-refractivity contribution is 5.76. The predicted molar refractivity (Wildman–Crippen MR) is 93.4 cm³/mol. The minimum Gasteiger partial charge on any atom is -0.352 e. The molecule has 0 unspecified atom stereocenters. The summed E-state index contributed by atoms with van der Waals surface area (Å²) in [7, 11) is 0. The summed E-state index contributed by atoms with van der Waals surface area (Å²) in [5, 5.41) is 9.17. The molecule has 3 heterocycles. The quantitative estimate of drug-likeness (QED) is 0.792. The number of carbonyl (C=O) groups is 1. The Morgan fingerprint density at radius 1 is 1.18 bits per heavy atom. The van der Waals surface area contributed by atoms with Crippen LogP contribution in [0.5, 0.6) is 0 Å². The second kappa shape index (κ2) is 7.72. The summed E-state index contributed by atoms with van der Waals surface area (Å²) in [4.78, 5) is 31.8. The van der Waals surface area contributed by atoms with Crippen molar-refractivity contribution >= 4 is 11.7 Å². The Balaban J connectivity index is 1.67. The number of hydrogen-bond donors (Lipinski definition) is 0. The van der Waals surface area contributed by atoms with Crippen molar-refractivity contribution in [3.63, 3.8) is 0 Å². The van der Waals surface area contributed by atoms with E-state index in [4.69, 9.17) is 5.26 Å². The molecule has 2 aromatic heterocycles. The molecule has 0 spiro atoms. The van der Waals surface area contributed by atoms with Crippen LogP contribution in [-0.4, -0.2) is 46.5 Å². The topological polar surface area (TPSA) is 82.2 Å². The van der Waals surface area contributed by atoms with Crippen LogP contribution in [0.15, 0.2) is 41.5 Å². The molecule has 1 fully saturated rings. The van der Waals surface area contributed by atoms with Gasteiger partial charge in [0.15, 0.2) is 0 Å². The maximum absolute atomic E-state index is 12.8. The Morgan fingerprint density at radius 2 is 1.89 bits per heavy atom. The molecule has 0 bridgehead atoms. The molecule has 146 valence electrons. The second-order valence-corrected chi connectivity index (χ2v) is 6.24. The highest BCUT2D eigenvalue weighted by Gasteiger charge is 2.31. The van der Waals surface area contributed by atoms with Crippen molar-refractivity contribution in [2.75, 3.05) is 31.1 Å². The minimum atomic E-state index is -4.59. The number of piperazine rings is 1. The lowest BCUT2D eigenvalue weighted by Gasteiger charge is -2.35. The number of aromatic nitrogens is 2. The average molecular weight is 391 g/mol. The third-order valence-electron chi connectivity index (χ3n) is 4.46. The lowest BCUT2D eigenvalue weighted by atomic mass is 10.2. The molecule has 0 aromatic carbocycles. The molecule has 0 radical (unpaired) electrons. The fraction of sp³-hybridized carbons (Fsp3) is 0.333. The molecule has 0 atom stereocenters. The Morgan fingerprint density at radius 3 is 2.54 bits per heavy atom. The van der Waals surface area contributed by atoms with Gasteiger partial charge in [0.05, 0.1) is 11.1 Å². The van der Waals surface area contributed by atoms with Crippen molar-refractivity contribution in [2.24, 2.45) is 0 Å². The van der Waals surface area contributed by atoms with E-state index in [0.29, 0.717) is 49.8 Å². The molecule has 2 aromatic rings. The number of nitrogens with zero attached hydrogens (tertiary/aromatic N) is 5. The number of carbonyl (C=O) groups excluding carboxylic acids is 1. The van der Waals surface area contributed by atoms with E-state index >= 15 is 0 Å². The maximum atomic E-state index is 12.8. The summed E-state index contributed by atoms with van der Waals surface area (Å²) < 4.78 is 39.2. The molecule has 1 saturated heterocycles. The zero-order valence-electron chi connectivity index (χ0n) is 14.7. The van der Waals surface area contributed by atoms with E-state index in [9.17, 15) is 22.8 Å². The van der Waals surface area contributed by atoms with Crippen LogP contribution in [0.25, 0.3) is 0 Å². The number of anilines is 1. The van der Waals surface area contributed by atoms with Crippen molar-refractivity contribution in [2.45, 2.75) is 12.7 Å². The Hall–Kier alpha value is -3.35. The van der Waals surface area contributed by atoms with E-state index < -0.39 is 29.8 Å². The molecular weight excluding hydrogens is 375 g/mol. The van der Waals surface area contributed by atoms with E-state index in [2.05, 4.69) is 11.1 Å². The first-order chi connectivity index (χ1) is 13.3. The lowest BCUT2D eigenvalue weighted by Crippen LogP contribution is -2.50. The van der Waals surface area contributed by atoms with Crippen molar-refractivity contribution in [3.05, 3.63) is 58.1 Å². The van der Waals surface area contributed by atoms with Crippen LogP contribution in [0, 0.1) is 11.3 Å². The maximum Gasteiger partial charge on any atom is 0.417 e. The van der Waals surface area contributed by atoms with Crippen LogP contribution < -0.4 is 10.5 Å². The molecule has 0 N–H and O–H groups in total. The first kappa shape index (κ1) is 19.4. The standard InChI is InChI=1S/C18H16F3N5O2/c19-18(20,21)14-3-4-15(27)26(11-14)12-16(28)24-6-8-25(9-7-24)17-13(10-22)2-1-5-23-17/h1-5,11H,6-9,12H2. The SMILES string of the molecule is N#Cc1cccnc1N1CCN(C(=O)Cn2cc(C(F)(F)F)ccc2=O)CC1. The van der Waals surface area contributed by atoms with Crippen LogP contribution in [0.4, 0.5) is 19.0 Å². The van der Waals surface area contributed by atoms with Gasteiger partial charge in [-0.2, -0.15) is 18.4 Å². The van der Waals surface area contributed by atoms with Crippen molar-refractivity contribution in [3.8, 4) is 6.07 Å². The largest absolute Gasteiger partial charge is 0.417 e. The molecule has 3 rings (SSSR count). The van der Waals surface area contributed by atoms with Gasteiger partial charge in [0, 0.05) is 44.6 Å². The highest BCUT2D eigenvalue weighted by Crippen LogP contribution is 2.28. The van der Waals surface area contributed by atoms with Crippen LogP contribution in [0.1, 0.15) is 11.1 Å². The smallest absolute Gasteiger partial charge is 0.352 e. The first-order valence-corrected chi connectivity index (χ1v) is 8.45. The fourth-order valence-electron chi connectivity index (χ4n) is 2.97. The third kappa shape index (κ3) is 4.14. The molecule has 28 heavy (non-hydrogen) atoms. The molecule has 0 aliphatic carbocycles.